The average Bonchev–Trinajstić information content (AvgIpc) is 3.16. The van der Waals surface area contributed by atoms with Crippen molar-refractivity contribution in [3.05, 3.63) is 82.1 Å². The summed E-state index contributed by atoms with van der Waals surface area (Å²) < 4.78 is 1.60. The van der Waals surface area contributed by atoms with E-state index >= 15 is 0 Å². The third kappa shape index (κ3) is 3.39. The molecule has 1 atom stereocenters. The molecule has 0 aliphatic heterocycles. The average molecular weight is 417 g/mol. The highest BCUT2D eigenvalue weighted by molar-refractivity contribution is 6.30. The molecule has 150 valence electrons. The molecule has 0 fully saturated rings. The Morgan fingerprint density at radius 3 is 2.43 bits per heavy atom. The summed E-state index contributed by atoms with van der Waals surface area (Å²) in [7, 11) is 0. The Bertz CT molecular complexity index is 1240. The smallest absolute Gasteiger partial charge is 0.252 e. The molecular weight excluding hydrogens is 396 g/mol. The van der Waals surface area contributed by atoms with E-state index < -0.39 is 0 Å². The van der Waals surface area contributed by atoms with E-state index in [0.29, 0.717) is 34.5 Å². The van der Waals surface area contributed by atoms with E-state index in [9.17, 15) is 4.79 Å². The zero-order valence-corrected chi connectivity index (χ0v) is 17.6. The number of Topliss-reactive ketones (excluding diaryl/α,β-unsaturated/α-hetero) is 1. The van der Waals surface area contributed by atoms with E-state index in [1.54, 1.807) is 22.8 Å². The number of benzene rings is 2. The minimum absolute atomic E-state index is 0.104. The quantitative estimate of drug-likeness (QED) is 0.443. The molecule has 0 saturated heterocycles. The van der Waals surface area contributed by atoms with Crippen LogP contribution in [0.25, 0.3) is 17.2 Å². The largest absolute Gasteiger partial charge is 0.294 e. The van der Waals surface area contributed by atoms with Gasteiger partial charge in [-0.25, -0.2) is 9.50 Å². The Hall–Kier alpha value is -3.05. The lowest BCUT2D eigenvalue weighted by Crippen LogP contribution is -2.21. The predicted octanol–water partition coefficient (Wildman–Crippen LogP) is 5.48. The maximum atomic E-state index is 12.9. The number of halogens is 1. The van der Waals surface area contributed by atoms with Gasteiger partial charge in [0.1, 0.15) is 0 Å². The van der Waals surface area contributed by atoms with Crippen molar-refractivity contribution in [2.45, 2.75) is 38.5 Å². The molecule has 0 N–H and O–H groups in total. The molecule has 30 heavy (non-hydrogen) atoms. The van der Waals surface area contributed by atoms with Crippen molar-refractivity contribution in [1.82, 2.24) is 19.6 Å². The molecule has 0 radical (unpaired) electrons. The number of fused-ring (bicyclic) bond motifs is 2. The number of hydrogen-bond donors (Lipinski definition) is 0. The highest BCUT2D eigenvalue weighted by Gasteiger charge is 2.28. The third-order valence-corrected chi connectivity index (χ3v) is 6.01. The van der Waals surface area contributed by atoms with Crippen molar-refractivity contribution in [2.75, 3.05) is 0 Å². The highest BCUT2D eigenvalue weighted by atomic mass is 35.5. The monoisotopic (exact) mass is 416 g/mol. The Labute approximate surface area is 179 Å². The van der Waals surface area contributed by atoms with Crippen molar-refractivity contribution in [1.29, 1.82) is 0 Å². The first-order chi connectivity index (χ1) is 14.5. The molecule has 1 aliphatic rings. The topological polar surface area (TPSA) is 60.2 Å². The summed E-state index contributed by atoms with van der Waals surface area (Å²) in [4.78, 5) is 22.1. The van der Waals surface area contributed by atoms with E-state index in [4.69, 9.17) is 16.6 Å². The Morgan fingerprint density at radius 2 is 1.73 bits per heavy atom. The standard InChI is InChI=1S/C24H21ClN4O/c1-14(2)15-3-5-16(6-4-15)18-11-21-20(22(30)12-18)13-29-24(26-21)27-23(28-29)17-7-9-19(25)10-8-17/h3-10,13-14,18H,11-12H2,1-2H3/t18-/m1/s1. The van der Waals surface area contributed by atoms with Crippen LogP contribution < -0.4 is 0 Å². The fourth-order valence-corrected chi connectivity index (χ4v) is 4.12. The van der Waals surface area contributed by atoms with Crippen molar-refractivity contribution >= 4 is 23.2 Å². The summed E-state index contributed by atoms with van der Waals surface area (Å²) in [5.41, 5.74) is 4.79. The van der Waals surface area contributed by atoms with Crippen LogP contribution >= 0.6 is 11.6 Å². The summed E-state index contributed by atoms with van der Waals surface area (Å²) >= 11 is 5.97. The molecule has 4 aromatic rings. The maximum absolute atomic E-state index is 12.9. The van der Waals surface area contributed by atoms with Gasteiger partial charge in [0, 0.05) is 23.2 Å². The Morgan fingerprint density at radius 1 is 1.00 bits per heavy atom. The predicted molar refractivity (Wildman–Crippen MR) is 117 cm³/mol. The normalized spacial score (nSPS) is 16.3. The van der Waals surface area contributed by atoms with Crippen molar-refractivity contribution in [3.63, 3.8) is 0 Å². The summed E-state index contributed by atoms with van der Waals surface area (Å²) in [6.45, 7) is 4.36. The summed E-state index contributed by atoms with van der Waals surface area (Å²) in [6, 6.07) is 16.0. The maximum Gasteiger partial charge on any atom is 0.252 e. The second-order valence-corrected chi connectivity index (χ2v) is 8.57. The Balaban J connectivity index is 1.49. The molecule has 2 heterocycles. The first-order valence-corrected chi connectivity index (χ1v) is 10.5. The van der Waals surface area contributed by atoms with E-state index in [0.717, 1.165) is 17.7 Å². The van der Waals surface area contributed by atoms with Gasteiger partial charge in [0.15, 0.2) is 11.6 Å². The van der Waals surface area contributed by atoms with Crippen LogP contribution in [-0.4, -0.2) is 25.4 Å². The zero-order valence-electron chi connectivity index (χ0n) is 16.8. The van der Waals surface area contributed by atoms with E-state index in [-0.39, 0.29) is 11.7 Å². The molecule has 5 rings (SSSR count). The molecule has 0 spiro atoms. The molecule has 1 aliphatic carbocycles. The third-order valence-electron chi connectivity index (χ3n) is 5.76. The first-order valence-electron chi connectivity index (χ1n) is 10.1. The number of ketones is 1. The summed E-state index contributed by atoms with van der Waals surface area (Å²) in [5.74, 6) is 1.80. The van der Waals surface area contributed by atoms with Crippen LogP contribution in [0.4, 0.5) is 0 Å². The lowest BCUT2D eigenvalue weighted by Gasteiger charge is -2.23. The lowest BCUT2D eigenvalue weighted by atomic mass is 9.81. The molecule has 0 unspecified atom stereocenters. The van der Waals surface area contributed by atoms with Gasteiger partial charge in [0.05, 0.1) is 11.3 Å². The van der Waals surface area contributed by atoms with E-state index in [1.165, 1.54) is 11.1 Å². The van der Waals surface area contributed by atoms with Gasteiger partial charge in [-0.15, -0.1) is 5.10 Å². The van der Waals surface area contributed by atoms with Crippen LogP contribution in [0.2, 0.25) is 5.02 Å². The molecule has 5 nitrogen and oxygen atoms in total. The molecule has 6 heteroatoms. The SMILES string of the molecule is CC(C)c1ccc([C@H]2CC(=O)c3cn4nc(-c5ccc(Cl)cc5)nc4nc3C2)cc1. The minimum Gasteiger partial charge on any atom is -0.294 e. The number of aromatic nitrogens is 4. The second-order valence-electron chi connectivity index (χ2n) is 8.14. The van der Waals surface area contributed by atoms with Crippen LogP contribution in [0, 0.1) is 0 Å². The van der Waals surface area contributed by atoms with Gasteiger partial charge < -0.3 is 0 Å². The van der Waals surface area contributed by atoms with Gasteiger partial charge in [-0.05, 0) is 53.6 Å². The van der Waals surface area contributed by atoms with E-state index in [1.807, 2.05) is 12.1 Å². The van der Waals surface area contributed by atoms with Gasteiger partial charge >= 0.3 is 0 Å². The molecular formula is C24H21ClN4O. The van der Waals surface area contributed by atoms with Gasteiger partial charge in [0.2, 0.25) is 0 Å². The van der Waals surface area contributed by atoms with Crippen LogP contribution in [0.15, 0.2) is 54.7 Å². The van der Waals surface area contributed by atoms with Crippen LogP contribution in [-0.2, 0) is 6.42 Å². The van der Waals surface area contributed by atoms with Gasteiger partial charge in [-0.2, -0.15) is 4.98 Å². The van der Waals surface area contributed by atoms with Gasteiger partial charge in [-0.3, -0.25) is 4.79 Å². The molecule has 0 saturated carbocycles. The number of carbonyl (C=O) groups is 1. The lowest BCUT2D eigenvalue weighted by molar-refractivity contribution is 0.0962. The fraction of sp³-hybridized carbons (Fsp3) is 0.250. The van der Waals surface area contributed by atoms with E-state index in [2.05, 4.69) is 48.2 Å². The van der Waals surface area contributed by atoms with Crippen LogP contribution in [0.1, 0.15) is 59.3 Å². The first kappa shape index (κ1) is 18.9. The van der Waals surface area contributed by atoms with Crippen molar-refractivity contribution < 1.29 is 4.79 Å². The molecule has 2 aromatic heterocycles. The number of hydrogen-bond acceptors (Lipinski definition) is 4. The molecule has 0 bridgehead atoms. The molecule has 2 aromatic carbocycles. The Kier molecular flexibility index (Phi) is 4.63. The number of nitrogens with zero attached hydrogens (tertiary/aromatic N) is 4. The second kappa shape index (κ2) is 7.33. The number of carbonyl (C=O) groups excluding carboxylic acids is 1. The fourth-order valence-electron chi connectivity index (χ4n) is 3.99. The molecule has 0 amide bonds. The summed E-state index contributed by atoms with van der Waals surface area (Å²) in [5, 5.41) is 5.17. The number of rotatable bonds is 3. The van der Waals surface area contributed by atoms with Crippen LogP contribution in [0.5, 0.6) is 0 Å². The van der Waals surface area contributed by atoms with Crippen LogP contribution in [0.3, 0.4) is 0 Å². The summed E-state index contributed by atoms with van der Waals surface area (Å²) in [6.07, 6.45) is 2.98. The van der Waals surface area contributed by atoms with Crippen molar-refractivity contribution in [3.8, 4) is 11.4 Å². The van der Waals surface area contributed by atoms with Crippen molar-refractivity contribution in [2.24, 2.45) is 0 Å². The zero-order chi connectivity index (χ0) is 20.8. The van der Waals surface area contributed by atoms with Gasteiger partial charge in [-0.1, -0.05) is 49.7 Å². The highest BCUT2D eigenvalue weighted by Crippen LogP contribution is 2.33. The van der Waals surface area contributed by atoms with Gasteiger partial charge in [0.25, 0.3) is 5.78 Å². The minimum atomic E-state index is 0.104.